The van der Waals surface area contributed by atoms with Gasteiger partial charge in [-0.25, -0.2) is 0 Å². The predicted octanol–water partition coefficient (Wildman–Crippen LogP) is 1.41. The fraction of sp³-hybridized carbons (Fsp3) is 0.357. The minimum Gasteiger partial charge on any atom is -0.275 e. The predicted molar refractivity (Wildman–Crippen MR) is 75.2 cm³/mol. The van der Waals surface area contributed by atoms with Gasteiger partial charge in [0.1, 0.15) is 0 Å². The second-order valence-electron chi connectivity index (χ2n) is 5.02. The van der Waals surface area contributed by atoms with Crippen LogP contribution in [0.5, 0.6) is 0 Å². The van der Waals surface area contributed by atoms with Gasteiger partial charge in [0.05, 0.1) is 24.1 Å². The van der Waals surface area contributed by atoms with Crippen molar-refractivity contribution in [3.63, 3.8) is 0 Å². The smallest absolute Gasteiger partial charge is 0.0849 e. The summed E-state index contributed by atoms with van der Waals surface area (Å²) in [6.45, 7) is 3.61. The average Bonchev–Trinajstić information content (AvgIpc) is 3.11. The van der Waals surface area contributed by atoms with Gasteiger partial charge >= 0.3 is 0 Å². The van der Waals surface area contributed by atoms with Crippen LogP contribution in [-0.2, 0) is 26.6 Å². The third-order valence-electron chi connectivity index (χ3n) is 3.15. The van der Waals surface area contributed by atoms with Crippen molar-refractivity contribution in [3.05, 3.63) is 53.9 Å². The summed E-state index contributed by atoms with van der Waals surface area (Å²) in [7, 11) is 1.92. The lowest BCUT2D eigenvalue weighted by Crippen LogP contribution is -2.05. The number of hydrogen-bond donors (Lipinski definition) is 0. The Morgan fingerprint density at radius 1 is 1.05 bits per heavy atom. The van der Waals surface area contributed by atoms with E-state index in [2.05, 4.69) is 21.4 Å². The maximum absolute atomic E-state index is 4.56. The first kappa shape index (κ1) is 12.7. The van der Waals surface area contributed by atoms with E-state index >= 15 is 0 Å². The van der Waals surface area contributed by atoms with Crippen LogP contribution in [0.15, 0.2) is 36.9 Å². The van der Waals surface area contributed by atoms with Crippen LogP contribution in [0, 0.1) is 6.92 Å². The molecule has 6 nitrogen and oxygen atoms in total. The lowest BCUT2D eigenvalue weighted by molar-refractivity contribution is 0.591. The molecule has 3 rings (SSSR count). The lowest BCUT2D eigenvalue weighted by atomic mass is 10.3. The standard InChI is InChI=1S/C14H18N6/c1-12-9-15-19(10-12)7-4-13-5-8-20(17-13)11-14-3-6-18(2)16-14/h3,5-6,8-10H,4,7,11H2,1-2H3. The summed E-state index contributed by atoms with van der Waals surface area (Å²) in [6, 6.07) is 4.06. The maximum atomic E-state index is 4.56. The topological polar surface area (TPSA) is 53.5 Å². The minimum absolute atomic E-state index is 0.710. The largest absolute Gasteiger partial charge is 0.275 e. The van der Waals surface area contributed by atoms with Gasteiger partial charge in [-0.2, -0.15) is 15.3 Å². The van der Waals surface area contributed by atoms with E-state index in [-0.39, 0.29) is 0 Å². The van der Waals surface area contributed by atoms with Crippen molar-refractivity contribution < 1.29 is 0 Å². The highest BCUT2D eigenvalue weighted by Gasteiger charge is 2.03. The molecule has 3 aromatic rings. The van der Waals surface area contributed by atoms with Crippen molar-refractivity contribution >= 4 is 0 Å². The van der Waals surface area contributed by atoms with Crippen molar-refractivity contribution in [2.75, 3.05) is 0 Å². The number of aryl methyl sites for hydroxylation is 4. The first-order chi connectivity index (χ1) is 9.69. The molecule has 20 heavy (non-hydrogen) atoms. The van der Waals surface area contributed by atoms with Gasteiger partial charge in [-0.1, -0.05) is 0 Å². The average molecular weight is 270 g/mol. The monoisotopic (exact) mass is 270 g/mol. The first-order valence-electron chi connectivity index (χ1n) is 6.69. The second kappa shape index (κ2) is 5.32. The van der Waals surface area contributed by atoms with Crippen molar-refractivity contribution in [1.29, 1.82) is 0 Å². The van der Waals surface area contributed by atoms with E-state index in [0.29, 0.717) is 6.54 Å². The summed E-state index contributed by atoms with van der Waals surface area (Å²) < 4.78 is 5.68. The highest BCUT2D eigenvalue weighted by Crippen LogP contribution is 2.03. The van der Waals surface area contributed by atoms with Gasteiger partial charge in [0, 0.05) is 38.6 Å². The fourth-order valence-electron chi connectivity index (χ4n) is 2.16. The molecule has 3 aromatic heterocycles. The first-order valence-corrected chi connectivity index (χ1v) is 6.69. The molecule has 0 aliphatic carbocycles. The summed E-state index contributed by atoms with van der Waals surface area (Å²) in [6.07, 6.45) is 8.75. The van der Waals surface area contributed by atoms with Gasteiger partial charge in [-0.3, -0.25) is 14.0 Å². The van der Waals surface area contributed by atoms with Crippen LogP contribution >= 0.6 is 0 Å². The van der Waals surface area contributed by atoms with Gasteiger partial charge in [0.15, 0.2) is 0 Å². The highest BCUT2D eigenvalue weighted by atomic mass is 15.3. The van der Waals surface area contributed by atoms with Crippen LogP contribution in [0.2, 0.25) is 0 Å². The Bertz CT molecular complexity index is 690. The van der Waals surface area contributed by atoms with E-state index in [9.17, 15) is 0 Å². The third-order valence-corrected chi connectivity index (χ3v) is 3.15. The molecular weight excluding hydrogens is 252 g/mol. The summed E-state index contributed by atoms with van der Waals surface area (Å²) in [5.41, 5.74) is 3.28. The molecule has 3 heterocycles. The van der Waals surface area contributed by atoms with Crippen LogP contribution in [-0.4, -0.2) is 29.3 Å². The Kier molecular flexibility index (Phi) is 3.37. The van der Waals surface area contributed by atoms with Gasteiger partial charge < -0.3 is 0 Å². The van der Waals surface area contributed by atoms with Crippen LogP contribution in [0.25, 0.3) is 0 Å². The number of nitrogens with zero attached hydrogens (tertiary/aromatic N) is 6. The molecule has 6 heteroatoms. The normalized spacial score (nSPS) is 11.1. The molecule has 0 aliphatic heterocycles. The second-order valence-corrected chi connectivity index (χ2v) is 5.02. The van der Waals surface area contributed by atoms with Crippen LogP contribution in [0.4, 0.5) is 0 Å². The maximum Gasteiger partial charge on any atom is 0.0849 e. The zero-order chi connectivity index (χ0) is 13.9. The Morgan fingerprint density at radius 2 is 1.90 bits per heavy atom. The molecule has 0 bridgehead atoms. The van der Waals surface area contributed by atoms with Crippen LogP contribution < -0.4 is 0 Å². The minimum atomic E-state index is 0.710. The molecule has 0 aromatic carbocycles. The molecule has 0 radical (unpaired) electrons. The molecule has 0 unspecified atom stereocenters. The van der Waals surface area contributed by atoms with Crippen molar-refractivity contribution in [2.24, 2.45) is 7.05 Å². The molecule has 0 atom stereocenters. The van der Waals surface area contributed by atoms with Gasteiger partial charge in [0.2, 0.25) is 0 Å². The summed E-state index contributed by atoms with van der Waals surface area (Å²) in [5.74, 6) is 0. The van der Waals surface area contributed by atoms with Crippen molar-refractivity contribution in [1.82, 2.24) is 29.3 Å². The van der Waals surface area contributed by atoms with Crippen LogP contribution in [0.3, 0.4) is 0 Å². The summed E-state index contributed by atoms with van der Waals surface area (Å²) in [5, 5.41) is 13.2. The van der Waals surface area contributed by atoms with E-state index < -0.39 is 0 Å². The SMILES string of the molecule is Cc1cnn(CCc2ccn(Cc3ccn(C)n3)n2)c1. The Labute approximate surface area is 117 Å². The molecule has 0 N–H and O–H groups in total. The van der Waals surface area contributed by atoms with E-state index in [1.807, 2.05) is 54.2 Å². The van der Waals surface area contributed by atoms with Crippen molar-refractivity contribution in [2.45, 2.75) is 26.4 Å². The van der Waals surface area contributed by atoms with Crippen molar-refractivity contribution in [3.8, 4) is 0 Å². The van der Waals surface area contributed by atoms with E-state index in [1.54, 1.807) is 4.68 Å². The number of aromatic nitrogens is 6. The molecule has 104 valence electrons. The molecule has 0 aliphatic rings. The summed E-state index contributed by atoms with van der Waals surface area (Å²) in [4.78, 5) is 0. The molecule has 0 fully saturated rings. The third kappa shape index (κ3) is 2.96. The Hall–Kier alpha value is -2.37. The molecule has 0 amide bonds. The van der Waals surface area contributed by atoms with Gasteiger partial charge in [0.25, 0.3) is 0 Å². The quantitative estimate of drug-likeness (QED) is 0.704. The molecule has 0 saturated heterocycles. The molecule has 0 saturated carbocycles. The molecule has 0 spiro atoms. The van der Waals surface area contributed by atoms with Gasteiger partial charge in [-0.05, 0) is 24.6 Å². The lowest BCUT2D eigenvalue weighted by Gasteiger charge is -1.99. The number of rotatable bonds is 5. The van der Waals surface area contributed by atoms with E-state index in [4.69, 9.17) is 0 Å². The summed E-state index contributed by atoms with van der Waals surface area (Å²) >= 11 is 0. The van der Waals surface area contributed by atoms with E-state index in [0.717, 1.165) is 24.4 Å². The number of hydrogen-bond acceptors (Lipinski definition) is 3. The van der Waals surface area contributed by atoms with Crippen LogP contribution in [0.1, 0.15) is 17.0 Å². The zero-order valence-corrected chi connectivity index (χ0v) is 11.8. The van der Waals surface area contributed by atoms with Gasteiger partial charge in [-0.15, -0.1) is 0 Å². The van der Waals surface area contributed by atoms with E-state index in [1.165, 1.54) is 5.56 Å². The molecular formula is C14H18N6. The highest BCUT2D eigenvalue weighted by molar-refractivity contribution is 5.04. The fourth-order valence-corrected chi connectivity index (χ4v) is 2.16. The Morgan fingerprint density at radius 3 is 2.60 bits per heavy atom. The Balaban J connectivity index is 1.59. The zero-order valence-electron chi connectivity index (χ0n) is 11.8.